The van der Waals surface area contributed by atoms with Crippen LogP contribution in [0.25, 0.3) is 0 Å². The second-order valence-corrected chi connectivity index (χ2v) is 4.33. The van der Waals surface area contributed by atoms with Gasteiger partial charge < -0.3 is 5.32 Å². The summed E-state index contributed by atoms with van der Waals surface area (Å²) in [7, 11) is 0. The van der Waals surface area contributed by atoms with Crippen LogP contribution in [0.2, 0.25) is 0 Å². The highest BCUT2D eigenvalue weighted by Crippen LogP contribution is 2.07. The number of benzene rings is 1. The molecule has 1 aromatic heterocycles. The van der Waals surface area contributed by atoms with Gasteiger partial charge in [-0.2, -0.15) is 5.10 Å². The highest BCUT2D eigenvalue weighted by atomic mass is 16.1. The SMILES string of the molecule is Cc1cccc(CC(=O)NC(C)c2ncn[nH]2)c1. The third-order valence-electron chi connectivity index (χ3n) is 2.67. The lowest BCUT2D eigenvalue weighted by atomic mass is 10.1. The van der Waals surface area contributed by atoms with E-state index in [-0.39, 0.29) is 11.9 Å². The van der Waals surface area contributed by atoms with Gasteiger partial charge in [0.1, 0.15) is 12.2 Å². The van der Waals surface area contributed by atoms with E-state index >= 15 is 0 Å². The van der Waals surface area contributed by atoms with Gasteiger partial charge >= 0.3 is 0 Å². The Bertz CT molecular complexity index is 522. The topological polar surface area (TPSA) is 70.7 Å². The zero-order valence-corrected chi connectivity index (χ0v) is 10.5. The zero-order chi connectivity index (χ0) is 13.0. The number of aryl methyl sites for hydroxylation is 1. The number of carbonyl (C=O) groups is 1. The first-order chi connectivity index (χ1) is 8.65. The Kier molecular flexibility index (Phi) is 3.72. The summed E-state index contributed by atoms with van der Waals surface area (Å²) in [5, 5.41) is 9.38. The van der Waals surface area contributed by atoms with Crippen molar-refractivity contribution in [1.29, 1.82) is 0 Å². The maximum atomic E-state index is 11.9. The fraction of sp³-hybridized carbons (Fsp3) is 0.308. The maximum absolute atomic E-state index is 11.9. The number of carbonyl (C=O) groups excluding carboxylic acids is 1. The van der Waals surface area contributed by atoms with Crippen LogP contribution < -0.4 is 5.32 Å². The highest BCUT2D eigenvalue weighted by molar-refractivity contribution is 5.78. The van der Waals surface area contributed by atoms with Gasteiger partial charge in [-0.3, -0.25) is 9.89 Å². The van der Waals surface area contributed by atoms with Crippen LogP contribution in [0.3, 0.4) is 0 Å². The van der Waals surface area contributed by atoms with Gasteiger partial charge in [-0.25, -0.2) is 4.98 Å². The summed E-state index contributed by atoms with van der Waals surface area (Å²) in [6.45, 7) is 3.88. The van der Waals surface area contributed by atoms with E-state index in [1.807, 2.05) is 38.1 Å². The number of hydrogen-bond donors (Lipinski definition) is 2. The number of rotatable bonds is 4. The molecule has 0 saturated carbocycles. The molecule has 0 bridgehead atoms. The van der Waals surface area contributed by atoms with Crippen molar-refractivity contribution in [1.82, 2.24) is 20.5 Å². The molecule has 1 unspecified atom stereocenters. The molecular formula is C13H16N4O. The van der Waals surface area contributed by atoms with Gasteiger partial charge in [0, 0.05) is 0 Å². The monoisotopic (exact) mass is 244 g/mol. The fourth-order valence-electron chi connectivity index (χ4n) is 1.79. The van der Waals surface area contributed by atoms with E-state index in [1.54, 1.807) is 0 Å². The van der Waals surface area contributed by atoms with Crippen molar-refractivity contribution in [2.45, 2.75) is 26.3 Å². The van der Waals surface area contributed by atoms with E-state index in [0.717, 1.165) is 11.1 Å². The molecule has 94 valence electrons. The molecule has 0 radical (unpaired) electrons. The minimum absolute atomic E-state index is 0.0236. The predicted molar refractivity (Wildman–Crippen MR) is 67.8 cm³/mol. The van der Waals surface area contributed by atoms with Crippen molar-refractivity contribution in [3.8, 4) is 0 Å². The normalized spacial score (nSPS) is 12.1. The molecule has 0 spiro atoms. The summed E-state index contributed by atoms with van der Waals surface area (Å²) in [6, 6.07) is 7.77. The molecule has 0 saturated heterocycles. The lowest BCUT2D eigenvalue weighted by Crippen LogP contribution is -2.28. The molecule has 2 rings (SSSR count). The number of aromatic nitrogens is 3. The molecule has 1 atom stereocenters. The third-order valence-corrected chi connectivity index (χ3v) is 2.67. The van der Waals surface area contributed by atoms with Gasteiger partial charge in [-0.15, -0.1) is 0 Å². The maximum Gasteiger partial charge on any atom is 0.224 e. The second kappa shape index (κ2) is 5.44. The first-order valence-electron chi connectivity index (χ1n) is 5.85. The van der Waals surface area contributed by atoms with E-state index in [9.17, 15) is 4.79 Å². The minimum atomic E-state index is -0.162. The van der Waals surface area contributed by atoms with Crippen LogP contribution in [0.1, 0.15) is 29.9 Å². The Morgan fingerprint density at radius 1 is 1.50 bits per heavy atom. The number of amides is 1. The van der Waals surface area contributed by atoms with Crippen molar-refractivity contribution in [3.05, 3.63) is 47.5 Å². The Hall–Kier alpha value is -2.17. The molecule has 2 aromatic rings. The van der Waals surface area contributed by atoms with Crippen molar-refractivity contribution in [2.75, 3.05) is 0 Å². The second-order valence-electron chi connectivity index (χ2n) is 4.33. The van der Waals surface area contributed by atoms with Gasteiger partial charge in [0.05, 0.1) is 12.5 Å². The third kappa shape index (κ3) is 3.16. The van der Waals surface area contributed by atoms with Crippen molar-refractivity contribution >= 4 is 5.91 Å². The molecule has 1 amide bonds. The molecule has 0 aliphatic carbocycles. The first kappa shape index (κ1) is 12.3. The number of H-pyrrole nitrogens is 1. The van der Waals surface area contributed by atoms with Crippen LogP contribution >= 0.6 is 0 Å². The summed E-state index contributed by atoms with van der Waals surface area (Å²) in [4.78, 5) is 15.9. The van der Waals surface area contributed by atoms with E-state index in [2.05, 4.69) is 20.5 Å². The van der Waals surface area contributed by atoms with Crippen molar-refractivity contribution in [3.63, 3.8) is 0 Å². The summed E-state index contributed by atoms with van der Waals surface area (Å²) >= 11 is 0. The van der Waals surface area contributed by atoms with Crippen LogP contribution in [0, 0.1) is 6.92 Å². The summed E-state index contributed by atoms with van der Waals surface area (Å²) in [6.07, 6.45) is 1.80. The summed E-state index contributed by atoms with van der Waals surface area (Å²) in [5.74, 6) is 0.636. The molecule has 0 aliphatic rings. The Labute approximate surface area is 106 Å². The lowest BCUT2D eigenvalue weighted by Gasteiger charge is -2.11. The lowest BCUT2D eigenvalue weighted by molar-refractivity contribution is -0.121. The Morgan fingerprint density at radius 3 is 3.00 bits per heavy atom. The highest BCUT2D eigenvalue weighted by Gasteiger charge is 2.12. The van der Waals surface area contributed by atoms with Crippen LogP contribution in [0.5, 0.6) is 0 Å². The molecular weight excluding hydrogens is 228 g/mol. The largest absolute Gasteiger partial charge is 0.346 e. The van der Waals surface area contributed by atoms with Gasteiger partial charge in [-0.1, -0.05) is 29.8 Å². The van der Waals surface area contributed by atoms with Gasteiger partial charge in [0.2, 0.25) is 5.91 Å². The van der Waals surface area contributed by atoms with Gasteiger partial charge in [-0.05, 0) is 19.4 Å². The Morgan fingerprint density at radius 2 is 2.33 bits per heavy atom. The van der Waals surface area contributed by atoms with E-state index in [4.69, 9.17) is 0 Å². The number of nitrogens with one attached hydrogen (secondary N) is 2. The molecule has 5 nitrogen and oxygen atoms in total. The van der Waals surface area contributed by atoms with Crippen LogP contribution in [-0.2, 0) is 11.2 Å². The first-order valence-corrected chi connectivity index (χ1v) is 5.85. The van der Waals surface area contributed by atoms with Crippen LogP contribution in [0.15, 0.2) is 30.6 Å². The average molecular weight is 244 g/mol. The fourth-order valence-corrected chi connectivity index (χ4v) is 1.79. The molecule has 0 aliphatic heterocycles. The molecule has 18 heavy (non-hydrogen) atoms. The standard InChI is InChI=1S/C13H16N4O/c1-9-4-3-5-11(6-9)7-12(18)16-10(2)13-14-8-15-17-13/h3-6,8,10H,7H2,1-2H3,(H,16,18)(H,14,15,17). The molecule has 1 aromatic carbocycles. The smallest absolute Gasteiger partial charge is 0.224 e. The Balaban J connectivity index is 1.93. The number of hydrogen-bond acceptors (Lipinski definition) is 3. The molecule has 0 fully saturated rings. The van der Waals surface area contributed by atoms with Crippen molar-refractivity contribution < 1.29 is 4.79 Å². The molecule has 2 N–H and O–H groups in total. The van der Waals surface area contributed by atoms with Gasteiger partial charge in [0.15, 0.2) is 0 Å². The summed E-state index contributed by atoms with van der Waals surface area (Å²) < 4.78 is 0. The molecule has 5 heteroatoms. The number of aromatic amines is 1. The minimum Gasteiger partial charge on any atom is -0.346 e. The van der Waals surface area contributed by atoms with E-state index in [0.29, 0.717) is 12.2 Å². The average Bonchev–Trinajstić information content (AvgIpc) is 2.81. The van der Waals surface area contributed by atoms with Crippen molar-refractivity contribution in [2.24, 2.45) is 0 Å². The van der Waals surface area contributed by atoms with Crippen LogP contribution in [-0.4, -0.2) is 21.1 Å². The molecule has 1 heterocycles. The number of nitrogens with zero attached hydrogens (tertiary/aromatic N) is 2. The van der Waals surface area contributed by atoms with E-state index < -0.39 is 0 Å². The van der Waals surface area contributed by atoms with Crippen LogP contribution in [0.4, 0.5) is 0 Å². The van der Waals surface area contributed by atoms with Gasteiger partial charge in [0.25, 0.3) is 0 Å². The summed E-state index contributed by atoms with van der Waals surface area (Å²) in [5.41, 5.74) is 2.17. The van der Waals surface area contributed by atoms with E-state index in [1.165, 1.54) is 6.33 Å². The predicted octanol–water partition coefficient (Wildman–Crippen LogP) is 1.53. The quantitative estimate of drug-likeness (QED) is 0.856. The zero-order valence-electron chi connectivity index (χ0n) is 10.5.